The van der Waals surface area contributed by atoms with Gasteiger partial charge in [0, 0.05) is 48.3 Å². The van der Waals surface area contributed by atoms with Gasteiger partial charge in [0.25, 0.3) is 0 Å². The third-order valence-electron chi connectivity index (χ3n) is 8.82. The van der Waals surface area contributed by atoms with Gasteiger partial charge in [0.05, 0.1) is 18.4 Å². The molecule has 2 aromatic carbocycles. The molecule has 0 radical (unpaired) electrons. The highest BCUT2D eigenvalue weighted by Crippen LogP contribution is 2.47. The van der Waals surface area contributed by atoms with E-state index in [4.69, 9.17) is 4.74 Å². The van der Waals surface area contributed by atoms with E-state index < -0.39 is 0 Å². The van der Waals surface area contributed by atoms with Crippen LogP contribution in [0.3, 0.4) is 0 Å². The fourth-order valence-electron chi connectivity index (χ4n) is 6.94. The SMILES string of the molecule is COC(=O)c1ccc2c(C3CCCCC3)c3n(c2c1)CCN(CCN1CCCCC1)c1ccc(F)cc1-3. The minimum absolute atomic E-state index is 0.196. The largest absolute Gasteiger partial charge is 0.465 e. The van der Waals surface area contributed by atoms with Gasteiger partial charge in [-0.25, -0.2) is 9.18 Å². The fourth-order valence-corrected chi connectivity index (χ4v) is 6.94. The van der Waals surface area contributed by atoms with E-state index in [1.165, 1.54) is 69.7 Å². The van der Waals surface area contributed by atoms with E-state index in [-0.39, 0.29) is 11.8 Å². The van der Waals surface area contributed by atoms with Gasteiger partial charge >= 0.3 is 5.97 Å². The van der Waals surface area contributed by atoms with Crippen LogP contribution in [0, 0.1) is 5.82 Å². The number of benzene rings is 2. The molecule has 1 aromatic heterocycles. The number of carbonyl (C=O) groups is 1. The van der Waals surface area contributed by atoms with Crippen molar-refractivity contribution in [2.75, 3.05) is 44.7 Å². The van der Waals surface area contributed by atoms with Gasteiger partial charge in [-0.05, 0) is 80.6 Å². The van der Waals surface area contributed by atoms with Gasteiger partial charge in [0.15, 0.2) is 0 Å². The number of esters is 1. The summed E-state index contributed by atoms with van der Waals surface area (Å²) in [6.45, 7) is 5.99. The first kappa shape index (κ1) is 24.5. The molecule has 1 saturated carbocycles. The summed E-state index contributed by atoms with van der Waals surface area (Å²) in [7, 11) is 1.43. The second-order valence-electron chi connectivity index (χ2n) is 11.0. The third-order valence-corrected chi connectivity index (χ3v) is 8.82. The van der Waals surface area contributed by atoms with Crippen LogP contribution in [0.2, 0.25) is 0 Å². The zero-order valence-corrected chi connectivity index (χ0v) is 22.0. The van der Waals surface area contributed by atoms with Gasteiger partial charge in [-0.3, -0.25) is 0 Å². The van der Waals surface area contributed by atoms with Gasteiger partial charge in [-0.1, -0.05) is 31.7 Å². The van der Waals surface area contributed by atoms with E-state index in [1.54, 1.807) is 12.1 Å². The van der Waals surface area contributed by atoms with Crippen LogP contribution in [0.1, 0.15) is 73.2 Å². The summed E-state index contributed by atoms with van der Waals surface area (Å²) in [6, 6.07) is 11.3. The zero-order valence-electron chi connectivity index (χ0n) is 22.0. The van der Waals surface area contributed by atoms with Crippen LogP contribution in [0.15, 0.2) is 36.4 Å². The minimum Gasteiger partial charge on any atom is -0.465 e. The Kier molecular flexibility index (Phi) is 6.94. The third kappa shape index (κ3) is 4.65. The maximum atomic E-state index is 14.9. The van der Waals surface area contributed by atoms with E-state index >= 15 is 0 Å². The Morgan fingerprint density at radius 2 is 1.70 bits per heavy atom. The lowest BCUT2D eigenvalue weighted by atomic mass is 9.81. The van der Waals surface area contributed by atoms with Crippen LogP contribution < -0.4 is 4.90 Å². The van der Waals surface area contributed by atoms with Gasteiger partial charge in [-0.15, -0.1) is 0 Å². The van der Waals surface area contributed by atoms with E-state index in [0.29, 0.717) is 11.5 Å². The summed E-state index contributed by atoms with van der Waals surface area (Å²) < 4.78 is 22.3. The number of hydrogen-bond acceptors (Lipinski definition) is 4. The number of fused-ring (bicyclic) bond motifs is 5. The highest BCUT2D eigenvalue weighted by molar-refractivity contribution is 6.00. The first-order chi connectivity index (χ1) is 18.1. The number of ether oxygens (including phenoxy) is 1. The lowest BCUT2D eigenvalue weighted by Crippen LogP contribution is -2.38. The highest BCUT2D eigenvalue weighted by atomic mass is 19.1. The number of hydrogen-bond donors (Lipinski definition) is 0. The summed E-state index contributed by atoms with van der Waals surface area (Å²) in [5.74, 6) is -0.0642. The van der Waals surface area contributed by atoms with Crippen molar-refractivity contribution in [1.82, 2.24) is 9.47 Å². The van der Waals surface area contributed by atoms with Gasteiger partial charge < -0.3 is 19.1 Å². The molecule has 0 atom stereocenters. The Labute approximate surface area is 219 Å². The number of anilines is 1. The van der Waals surface area contributed by atoms with Crippen molar-refractivity contribution in [1.29, 1.82) is 0 Å². The normalized spacial score (nSPS) is 18.9. The lowest BCUT2D eigenvalue weighted by Gasteiger charge is -2.31. The van der Waals surface area contributed by atoms with E-state index in [9.17, 15) is 9.18 Å². The fraction of sp³-hybridized carbons (Fsp3) is 0.516. The molecular formula is C31H38FN3O2. The summed E-state index contributed by atoms with van der Waals surface area (Å²) in [4.78, 5) is 17.5. The summed E-state index contributed by atoms with van der Waals surface area (Å²) >= 11 is 0. The zero-order chi connectivity index (χ0) is 25.4. The first-order valence-corrected chi connectivity index (χ1v) is 14.2. The molecule has 196 valence electrons. The summed E-state index contributed by atoms with van der Waals surface area (Å²) in [6.07, 6.45) is 9.97. The number of carbonyl (C=O) groups excluding carboxylic acids is 1. The summed E-state index contributed by atoms with van der Waals surface area (Å²) in [5.41, 5.74) is 6.25. The van der Waals surface area contributed by atoms with Crippen molar-refractivity contribution >= 4 is 22.6 Å². The topological polar surface area (TPSA) is 37.7 Å². The molecule has 1 saturated heterocycles. The second-order valence-corrected chi connectivity index (χ2v) is 11.0. The quantitative estimate of drug-likeness (QED) is 0.368. The second kappa shape index (κ2) is 10.5. The Morgan fingerprint density at radius 3 is 2.49 bits per heavy atom. The molecule has 6 rings (SSSR count). The van der Waals surface area contributed by atoms with Crippen molar-refractivity contribution in [3.05, 3.63) is 53.3 Å². The van der Waals surface area contributed by atoms with Crippen LogP contribution in [0.4, 0.5) is 10.1 Å². The molecule has 3 heterocycles. The molecule has 0 unspecified atom stereocenters. The predicted octanol–water partition coefficient (Wildman–Crippen LogP) is 6.59. The van der Waals surface area contributed by atoms with Crippen LogP contribution in [0.5, 0.6) is 0 Å². The molecular weight excluding hydrogens is 465 g/mol. The van der Waals surface area contributed by atoms with Crippen molar-refractivity contribution in [2.24, 2.45) is 0 Å². The van der Waals surface area contributed by atoms with Gasteiger partial charge in [0.1, 0.15) is 5.82 Å². The Balaban J connectivity index is 1.48. The number of piperidine rings is 1. The number of methoxy groups -OCH3 is 1. The maximum absolute atomic E-state index is 14.9. The summed E-state index contributed by atoms with van der Waals surface area (Å²) in [5, 5.41) is 1.20. The maximum Gasteiger partial charge on any atom is 0.337 e. The molecule has 0 N–H and O–H groups in total. The number of rotatable bonds is 5. The van der Waals surface area contributed by atoms with E-state index in [0.717, 1.165) is 61.5 Å². The number of nitrogens with zero attached hydrogens (tertiary/aromatic N) is 3. The number of aromatic nitrogens is 1. The Morgan fingerprint density at radius 1 is 0.919 bits per heavy atom. The lowest BCUT2D eigenvalue weighted by molar-refractivity contribution is 0.0601. The molecule has 37 heavy (non-hydrogen) atoms. The molecule has 0 spiro atoms. The Hall–Kier alpha value is -2.86. The van der Waals surface area contributed by atoms with Crippen molar-refractivity contribution in [3.8, 4) is 11.3 Å². The monoisotopic (exact) mass is 503 g/mol. The molecule has 2 aliphatic heterocycles. The molecule has 2 fully saturated rings. The number of halogens is 1. The smallest absolute Gasteiger partial charge is 0.337 e. The molecule has 5 nitrogen and oxygen atoms in total. The molecule has 3 aromatic rings. The minimum atomic E-state index is -0.320. The highest BCUT2D eigenvalue weighted by Gasteiger charge is 2.31. The standard InChI is InChI=1S/C31H38FN3O2/c1-37-31(36)23-10-12-25-28(20-23)35-19-18-34(17-16-33-14-6-3-7-15-33)27-13-11-24(32)21-26(27)30(35)29(25)22-8-4-2-5-9-22/h10-13,20-22H,2-9,14-19H2,1H3. The average molecular weight is 504 g/mol. The van der Waals surface area contributed by atoms with Gasteiger partial charge in [0.2, 0.25) is 0 Å². The van der Waals surface area contributed by atoms with Crippen molar-refractivity contribution < 1.29 is 13.9 Å². The van der Waals surface area contributed by atoms with Crippen LogP contribution in [0.25, 0.3) is 22.2 Å². The van der Waals surface area contributed by atoms with Crippen LogP contribution >= 0.6 is 0 Å². The Bertz CT molecular complexity index is 1290. The predicted molar refractivity (Wildman–Crippen MR) is 147 cm³/mol. The molecule has 6 heteroatoms. The number of likely N-dealkylation sites (tertiary alicyclic amines) is 1. The molecule has 0 bridgehead atoms. The van der Waals surface area contributed by atoms with Crippen molar-refractivity contribution in [2.45, 2.75) is 63.8 Å². The van der Waals surface area contributed by atoms with Crippen LogP contribution in [-0.4, -0.2) is 55.3 Å². The van der Waals surface area contributed by atoms with Crippen LogP contribution in [-0.2, 0) is 11.3 Å². The van der Waals surface area contributed by atoms with Crippen molar-refractivity contribution in [3.63, 3.8) is 0 Å². The average Bonchev–Trinajstić information content (AvgIpc) is 3.18. The van der Waals surface area contributed by atoms with E-state index in [1.807, 2.05) is 18.2 Å². The first-order valence-electron chi connectivity index (χ1n) is 14.2. The van der Waals surface area contributed by atoms with E-state index in [2.05, 4.69) is 20.4 Å². The molecule has 1 aliphatic carbocycles. The molecule has 3 aliphatic rings. The molecule has 0 amide bonds. The van der Waals surface area contributed by atoms with Gasteiger partial charge in [-0.2, -0.15) is 0 Å².